The summed E-state index contributed by atoms with van der Waals surface area (Å²) in [4.78, 5) is 11.7. The van der Waals surface area contributed by atoms with Gasteiger partial charge in [0, 0.05) is 35.8 Å². The molecule has 1 aliphatic carbocycles. The van der Waals surface area contributed by atoms with Crippen molar-refractivity contribution in [3.63, 3.8) is 0 Å². The van der Waals surface area contributed by atoms with E-state index < -0.39 is 10.8 Å². The summed E-state index contributed by atoms with van der Waals surface area (Å²) in [6.07, 6.45) is 8.87. The van der Waals surface area contributed by atoms with E-state index in [9.17, 15) is 9.00 Å². The maximum Gasteiger partial charge on any atom is 0.220 e. The lowest BCUT2D eigenvalue weighted by molar-refractivity contribution is -0.122. The van der Waals surface area contributed by atoms with Gasteiger partial charge in [-0.2, -0.15) is 0 Å². The van der Waals surface area contributed by atoms with Crippen LogP contribution in [0.15, 0.2) is 0 Å². The molecule has 1 fully saturated rings. The lowest BCUT2D eigenvalue weighted by atomic mass is 9.79. The van der Waals surface area contributed by atoms with E-state index in [1.807, 2.05) is 0 Å². The van der Waals surface area contributed by atoms with Gasteiger partial charge in [0.1, 0.15) is 0 Å². The first-order chi connectivity index (χ1) is 8.09. The molecule has 4 heteroatoms. The molecule has 0 radical (unpaired) electrons. The molecule has 1 aliphatic rings. The van der Waals surface area contributed by atoms with Crippen LogP contribution in [-0.2, 0) is 15.6 Å². The van der Waals surface area contributed by atoms with Crippen LogP contribution < -0.4 is 5.32 Å². The van der Waals surface area contributed by atoms with Crippen molar-refractivity contribution in [2.75, 3.05) is 18.6 Å². The average molecular weight is 259 g/mol. The number of hydrogen-bond donors (Lipinski definition) is 1. The monoisotopic (exact) mass is 259 g/mol. The van der Waals surface area contributed by atoms with Crippen molar-refractivity contribution in [3.05, 3.63) is 0 Å². The Morgan fingerprint density at radius 2 is 2.00 bits per heavy atom. The molecule has 1 amide bonds. The fraction of sp³-hybridized carbons (Fsp3) is 0.923. The SMILES string of the molecule is CC(CC(=O)NCCS(C)=O)C1CCCCC1. The largest absolute Gasteiger partial charge is 0.355 e. The summed E-state index contributed by atoms with van der Waals surface area (Å²) in [6.45, 7) is 2.73. The van der Waals surface area contributed by atoms with Gasteiger partial charge in [-0.1, -0.05) is 39.0 Å². The fourth-order valence-corrected chi connectivity index (χ4v) is 2.96. The topological polar surface area (TPSA) is 46.2 Å². The van der Waals surface area contributed by atoms with Gasteiger partial charge in [0.2, 0.25) is 5.91 Å². The Labute approximate surface area is 107 Å². The molecule has 1 N–H and O–H groups in total. The van der Waals surface area contributed by atoms with Crippen molar-refractivity contribution in [1.82, 2.24) is 5.32 Å². The van der Waals surface area contributed by atoms with Crippen molar-refractivity contribution in [2.24, 2.45) is 11.8 Å². The van der Waals surface area contributed by atoms with Crippen LogP contribution in [0.2, 0.25) is 0 Å². The third-order valence-electron chi connectivity index (χ3n) is 3.67. The van der Waals surface area contributed by atoms with Crippen molar-refractivity contribution < 1.29 is 9.00 Å². The van der Waals surface area contributed by atoms with Crippen LogP contribution >= 0.6 is 0 Å². The highest BCUT2D eigenvalue weighted by atomic mass is 32.2. The van der Waals surface area contributed by atoms with E-state index in [-0.39, 0.29) is 5.91 Å². The molecule has 2 atom stereocenters. The van der Waals surface area contributed by atoms with Crippen molar-refractivity contribution in [3.8, 4) is 0 Å². The third-order valence-corrected chi connectivity index (χ3v) is 4.45. The van der Waals surface area contributed by atoms with Crippen molar-refractivity contribution in [1.29, 1.82) is 0 Å². The van der Waals surface area contributed by atoms with E-state index in [1.165, 1.54) is 32.1 Å². The Morgan fingerprint density at radius 1 is 1.35 bits per heavy atom. The van der Waals surface area contributed by atoms with Crippen LogP contribution in [0.4, 0.5) is 0 Å². The van der Waals surface area contributed by atoms with Crippen LogP contribution in [-0.4, -0.2) is 28.7 Å². The average Bonchev–Trinajstić information content (AvgIpc) is 2.29. The third kappa shape index (κ3) is 6.20. The maximum atomic E-state index is 11.7. The Bertz CT molecular complexity index is 262. The molecule has 0 heterocycles. The number of carbonyl (C=O) groups excluding carboxylic acids is 1. The summed E-state index contributed by atoms with van der Waals surface area (Å²) < 4.78 is 10.9. The lowest BCUT2D eigenvalue weighted by Gasteiger charge is -2.27. The van der Waals surface area contributed by atoms with Crippen LogP contribution in [0, 0.1) is 11.8 Å². The number of nitrogens with one attached hydrogen (secondary N) is 1. The number of amides is 1. The summed E-state index contributed by atoms with van der Waals surface area (Å²) in [6, 6.07) is 0. The van der Waals surface area contributed by atoms with Gasteiger partial charge in [-0.25, -0.2) is 0 Å². The van der Waals surface area contributed by atoms with Gasteiger partial charge in [-0.15, -0.1) is 0 Å². The van der Waals surface area contributed by atoms with E-state index in [0.717, 1.165) is 5.92 Å². The molecule has 0 spiro atoms. The highest BCUT2D eigenvalue weighted by molar-refractivity contribution is 7.84. The van der Waals surface area contributed by atoms with Gasteiger partial charge in [0.25, 0.3) is 0 Å². The molecule has 0 bridgehead atoms. The molecule has 17 heavy (non-hydrogen) atoms. The first kappa shape index (κ1) is 14.7. The van der Waals surface area contributed by atoms with Gasteiger partial charge in [-0.3, -0.25) is 9.00 Å². The molecule has 1 rings (SSSR count). The number of hydrogen-bond acceptors (Lipinski definition) is 2. The Morgan fingerprint density at radius 3 is 2.59 bits per heavy atom. The minimum absolute atomic E-state index is 0.119. The predicted octanol–water partition coefficient (Wildman–Crippen LogP) is 2.09. The van der Waals surface area contributed by atoms with Gasteiger partial charge in [0.05, 0.1) is 0 Å². The van der Waals surface area contributed by atoms with Crippen LogP contribution in [0.5, 0.6) is 0 Å². The first-order valence-electron chi connectivity index (χ1n) is 6.66. The summed E-state index contributed by atoms with van der Waals surface area (Å²) >= 11 is 0. The second kappa shape index (κ2) is 7.85. The molecule has 3 nitrogen and oxygen atoms in total. The standard InChI is InChI=1S/C13H25NO2S/c1-11(12-6-4-3-5-7-12)10-13(15)14-8-9-17(2)16/h11-12H,3-10H2,1-2H3,(H,14,15). The number of carbonyl (C=O) groups is 1. The Balaban J connectivity index is 2.18. The van der Waals surface area contributed by atoms with E-state index in [4.69, 9.17) is 0 Å². The summed E-state index contributed by atoms with van der Waals surface area (Å²) in [5, 5.41) is 2.85. The smallest absolute Gasteiger partial charge is 0.220 e. The molecule has 1 saturated carbocycles. The minimum Gasteiger partial charge on any atom is -0.355 e. The number of rotatable bonds is 6. The van der Waals surface area contributed by atoms with Crippen molar-refractivity contribution >= 4 is 16.7 Å². The van der Waals surface area contributed by atoms with E-state index in [1.54, 1.807) is 6.26 Å². The molecule has 2 unspecified atom stereocenters. The van der Waals surface area contributed by atoms with E-state index in [0.29, 0.717) is 24.6 Å². The zero-order valence-electron chi connectivity index (χ0n) is 11.0. The second-order valence-corrected chi connectivity index (χ2v) is 6.76. The van der Waals surface area contributed by atoms with Crippen LogP contribution in [0.1, 0.15) is 45.4 Å². The highest BCUT2D eigenvalue weighted by Crippen LogP contribution is 2.31. The Hall–Kier alpha value is -0.380. The molecule has 0 aliphatic heterocycles. The zero-order chi connectivity index (χ0) is 12.7. The lowest BCUT2D eigenvalue weighted by Crippen LogP contribution is -2.30. The molecule has 0 aromatic rings. The minimum atomic E-state index is -0.814. The summed E-state index contributed by atoms with van der Waals surface area (Å²) in [7, 11) is -0.814. The van der Waals surface area contributed by atoms with Crippen LogP contribution in [0.3, 0.4) is 0 Å². The van der Waals surface area contributed by atoms with Gasteiger partial charge >= 0.3 is 0 Å². The quantitative estimate of drug-likeness (QED) is 0.794. The van der Waals surface area contributed by atoms with Crippen LogP contribution in [0.25, 0.3) is 0 Å². The van der Waals surface area contributed by atoms with Gasteiger partial charge in [0.15, 0.2) is 0 Å². The second-order valence-electron chi connectivity index (χ2n) is 5.21. The molecular weight excluding hydrogens is 234 g/mol. The molecule has 0 aromatic heterocycles. The van der Waals surface area contributed by atoms with Gasteiger partial charge < -0.3 is 5.32 Å². The molecular formula is C13H25NO2S. The van der Waals surface area contributed by atoms with Gasteiger partial charge in [-0.05, 0) is 11.8 Å². The zero-order valence-corrected chi connectivity index (χ0v) is 11.9. The normalized spacial score (nSPS) is 20.8. The predicted molar refractivity (Wildman–Crippen MR) is 72.3 cm³/mol. The molecule has 0 saturated heterocycles. The Kier molecular flexibility index (Phi) is 6.78. The molecule has 100 valence electrons. The summed E-state index contributed by atoms with van der Waals surface area (Å²) in [5.74, 6) is 1.90. The molecule has 0 aromatic carbocycles. The fourth-order valence-electron chi connectivity index (χ4n) is 2.57. The highest BCUT2D eigenvalue weighted by Gasteiger charge is 2.21. The first-order valence-corrected chi connectivity index (χ1v) is 8.39. The maximum absolute atomic E-state index is 11.7. The van der Waals surface area contributed by atoms with Crippen molar-refractivity contribution in [2.45, 2.75) is 45.4 Å². The summed E-state index contributed by atoms with van der Waals surface area (Å²) in [5.41, 5.74) is 0. The van der Waals surface area contributed by atoms with E-state index in [2.05, 4.69) is 12.2 Å². The van der Waals surface area contributed by atoms with E-state index >= 15 is 0 Å².